The van der Waals surface area contributed by atoms with Crippen molar-refractivity contribution in [2.24, 2.45) is 0 Å². The summed E-state index contributed by atoms with van der Waals surface area (Å²) in [6.07, 6.45) is 1.83. The van der Waals surface area contributed by atoms with Gasteiger partial charge in [-0.25, -0.2) is 4.39 Å². The number of nitrogens with zero attached hydrogens (tertiary/aromatic N) is 1. The van der Waals surface area contributed by atoms with Gasteiger partial charge in [-0.15, -0.1) is 11.3 Å². The Morgan fingerprint density at radius 1 is 1.36 bits per heavy atom. The zero-order valence-corrected chi connectivity index (χ0v) is 12.7. The van der Waals surface area contributed by atoms with E-state index in [0.717, 1.165) is 21.1 Å². The number of nitrogens with one attached hydrogen (secondary N) is 2. The van der Waals surface area contributed by atoms with E-state index in [4.69, 9.17) is 0 Å². The molecule has 6 heteroatoms. The number of thiophene rings is 1. The van der Waals surface area contributed by atoms with Crippen LogP contribution < -0.4 is 5.32 Å². The van der Waals surface area contributed by atoms with Crippen molar-refractivity contribution in [3.63, 3.8) is 0 Å². The van der Waals surface area contributed by atoms with Crippen LogP contribution in [-0.2, 0) is 11.2 Å². The van der Waals surface area contributed by atoms with Gasteiger partial charge >= 0.3 is 0 Å². The second kappa shape index (κ2) is 6.11. The molecule has 0 saturated carbocycles. The Morgan fingerprint density at radius 3 is 2.95 bits per heavy atom. The Hall–Kier alpha value is -2.47. The van der Waals surface area contributed by atoms with Crippen LogP contribution in [0.1, 0.15) is 10.4 Å². The normalized spacial score (nSPS) is 10.6. The number of aromatic nitrogens is 2. The average molecular weight is 315 g/mol. The monoisotopic (exact) mass is 315 g/mol. The first-order chi connectivity index (χ1) is 10.6. The fourth-order valence-electron chi connectivity index (χ4n) is 2.16. The Labute approximate surface area is 131 Å². The molecule has 1 amide bonds. The van der Waals surface area contributed by atoms with E-state index in [9.17, 15) is 9.18 Å². The van der Waals surface area contributed by atoms with Crippen molar-refractivity contribution in [1.82, 2.24) is 10.2 Å². The maximum atomic E-state index is 13.1. The summed E-state index contributed by atoms with van der Waals surface area (Å²) in [5.41, 5.74) is 2.34. The first-order valence-electron chi connectivity index (χ1n) is 6.76. The van der Waals surface area contributed by atoms with Gasteiger partial charge in [-0.2, -0.15) is 5.10 Å². The Morgan fingerprint density at radius 2 is 2.23 bits per heavy atom. The molecule has 0 spiro atoms. The van der Waals surface area contributed by atoms with Crippen LogP contribution >= 0.6 is 11.3 Å². The molecule has 4 nitrogen and oxygen atoms in total. The number of carbonyl (C=O) groups is 1. The molecule has 2 aromatic heterocycles. The van der Waals surface area contributed by atoms with Crippen LogP contribution in [0.25, 0.3) is 10.6 Å². The minimum absolute atomic E-state index is 0.145. The van der Waals surface area contributed by atoms with Gasteiger partial charge in [-0.3, -0.25) is 9.89 Å². The minimum atomic E-state index is -0.335. The van der Waals surface area contributed by atoms with Gasteiger partial charge in [0.15, 0.2) is 0 Å². The summed E-state index contributed by atoms with van der Waals surface area (Å²) < 4.78 is 13.1. The van der Waals surface area contributed by atoms with Crippen molar-refractivity contribution in [3.8, 4) is 10.6 Å². The van der Waals surface area contributed by atoms with Crippen molar-refractivity contribution in [1.29, 1.82) is 0 Å². The van der Waals surface area contributed by atoms with E-state index in [0.29, 0.717) is 5.56 Å². The lowest BCUT2D eigenvalue weighted by atomic mass is 10.1. The molecule has 3 rings (SSSR count). The maximum Gasteiger partial charge on any atom is 0.228 e. The summed E-state index contributed by atoms with van der Waals surface area (Å²) in [7, 11) is 0. The summed E-state index contributed by atoms with van der Waals surface area (Å²) in [5, 5.41) is 9.70. The molecule has 3 aromatic rings. The van der Waals surface area contributed by atoms with Gasteiger partial charge in [-0.05, 0) is 36.8 Å². The van der Waals surface area contributed by atoms with E-state index in [2.05, 4.69) is 15.5 Å². The van der Waals surface area contributed by atoms with E-state index in [-0.39, 0.29) is 18.1 Å². The largest absolute Gasteiger partial charge is 0.325 e. The predicted molar refractivity (Wildman–Crippen MR) is 85.4 cm³/mol. The molecule has 0 fully saturated rings. The van der Waals surface area contributed by atoms with Crippen molar-refractivity contribution in [3.05, 3.63) is 58.9 Å². The molecule has 0 aliphatic heterocycles. The van der Waals surface area contributed by atoms with Gasteiger partial charge < -0.3 is 5.32 Å². The van der Waals surface area contributed by atoms with Gasteiger partial charge in [0.25, 0.3) is 0 Å². The lowest BCUT2D eigenvalue weighted by molar-refractivity contribution is -0.115. The second-order valence-corrected chi connectivity index (χ2v) is 6.16. The number of carbonyl (C=O) groups excluding carboxylic acids is 1. The maximum absolute atomic E-state index is 13.1. The quantitative estimate of drug-likeness (QED) is 0.770. The number of aromatic amines is 1. The standard InChI is InChI=1S/C16H14FN3OS/c1-10-14(9-15(22-10)13-5-6-18-20-13)19-16(21)8-11-3-2-4-12(17)7-11/h2-7,9H,8H2,1H3,(H,18,20)(H,19,21). The van der Waals surface area contributed by atoms with Crippen molar-refractivity contribution < 1.29 is 9.18 Å². The number of aryl methyl sites for hydroxylation is 1. The third kappa shape index (κ3) is 3.23. The smallest absolute Gasteiger partial charge is 0.228 e. The van der Waals surface area contributed by atoms with E-state index in [1.807, 2.05) is 19.1 Å². The van der Waals surface area contributed by atoms with Crippen LogP contribution in [0.15, 0.2) is 42.6 Å². The third-order valence-corrected chi connectivity index (χ3v) is 4.30. The minimum Gasteiger partial charge on any atom is -0.325 e. The molecular weight excluding hydrogens is 301 g/mol. The first-order valence-corrected chi connectivity index (χ1v) is 7.58. The van der Waals surface area contributed by atoms with Crippen LogP contribution in [0.4, 0.5) is 10.1 Å². The van der Waals surface area contributed by atoms with Crippen molar-refractivity contribution >= 4 is 22.9 Å². The van der Waals surface area contributed by atoms with Crippen molar-refractivity contribution in [2.75, 3.05) is 5.32 Å². The van der Waals surface area contributed by atoms with Gasteiger partial charge in [-0.1, -0.05) is 12.1 Å². The number of rotatable bonds is 4. The van der Waals surface area contributed by atoms with Crippen LogP contribution in [0, 0.1) is 12.7 Å². The molecular formula is C16H14FN3OS. The second-order valence-electron chi connectivity index (χ2n) is 4.91. The molecule has 0 aliphatic carbocycles. The van der Waals surface area contributed by atoms with E-state index in [1.54, 1.807) is 29.7 Å². The van der Waals surface area contributed by atoms with Crippen LogP contribution in [0.5, 0.6) is 0 Å². The van der Waals surface area contributed by atoms with Gasteiger partial charge in [0.05, 0.1) is 22.7 Å². The summed E-state index contributed by atoms with van der Waals surface area (Å²) in [5.74, 6) is -0.499. The molecule has 112 valence electrons. The number of benzene rings is 1. The number of halogens is 1. The van der Waals surface area contributed by atoms with E-state index >= 15 is 0 Å². The lowest BCUT2D eigenvalue weighted by Crippen LogP contribution is -2.14. The molecule has 0 atom stereocenters. The predicted octanol–water partition coefficient (Wildman–Crippen LogP) is 3.77. The highest BCUT2D eigenvalue weighted by Gasteiger charge is 2.11. The van der Waals surface area contributed by atoms with E-state index < -0.39 is 0 Å². The SMILES string of the molecule is Cc1sc(-c2ccn[nH]2)cc1NC(=O)Cc1cccc(F)c1. The lowest BCUT2D eigenvalue weighted by Gasteiger charge is -2.04. The number of H-pyrrole nitrogens is 1. The highest BCUT2D eigenvalue weighted by molar-refractivity contribution is 7.16. The topological polar surface area (TPSA) is 57.8 Å². The zero-order chi connectivity index (χ0) is 15.5. The van der Waals surface area contributed by atoms with Crippen molar-refractivity contribution in [2.45, 2.75) is 13.3 Å². The molecule has 0 radical (unpaired) electrons. The number of hydrogen-bond donors (Lipinski definition) is 2. The first kappa shape index (κ1) is 14.5. The van der Waals surface area contributed by atoms with Gasteiger partial charge in [0.2, 0.25) is 5.91 Å². The van der Waals surface area contributed by atoms with Crippen LogP contribution in [0.2, 0.25) is 0 Å². The number of amides is 1. The average Bonchev–Trinajstić information content (AvgIpc) is 3.09. The Bertz CT molecular complexity index is 796. The molecule has 1 aromatic carbocycles. The van der Waals surface area contributed by atoms with E-state index in [1.165, 1.54) is 12.1 Å². The summed E-state index contributed by atoms with van der Waals surface area (Å²) in [4.78, 5) is 14.1. The molecule has 0 saturated heterocycles. The zero-order valence-electron chi connectivity index (χ0n) is 11.9. The molecule has 0 bridgehead atoms. The molecule has 0 unspecified atom stereocenters. The summed E-state index contributed by atoms with van der Waals surface area (Å²) >= 11 is 1.58. The van der Waals surface area contributed by atoms with Crippen LogP contribution in [0.3, 0.4) is 0 Å². The Balaban J connectivity index is 1.72. The molecule has 0 aliphatic rings. The number of hydrogen-bond acceptors (Lipinski definition) is 3. The third-order valence-electron chi connectivity index (χ3n) is 3.21. The number of anilines is 1. The van der Waals surface area contributed by atoms with Crippen LogP contribution in [-0.4, -0.2) is 16.1 Å². The molecule has 2 N–H and O–H groups in total. The van der Waals surface area contributed by atoms with Gasteiger partial charge in [0.1, 0.15) is 5.82 Å². The highest BCUT2D eigenvalue weighted by Crippen LogP contribution is 2.33. The fraction of sp³-hybridized carbons (Fsp3) is 0.125. The molecule has 22 heavy (non-hydrogen) atoms. The fourth-order valence-corrected chi connectivity index (χ4v) is 3.11. The Kier molecular flexibility index (Phi) is 4.02. The molecule has 2 heterocycles. The van der Waals surface area contributed by atoms with Gasteiger partial charge in [0, 0.05) is 11.1 Å². The highest BCUT2D eigenvalue weighted by atomic mass is 32.1. The summed E-state index contributed by atoms with van der Waals surface area (Å²) in [6, 6.07) is 9.86. The summed E-state index contributed by atoms with van der Waals surface area (Å²) in [6.45, 7) is 1.95.